The van der Waals surface area contributed by atoms with Crippen LogP contribution in [-0.2, 0) is 0 Å². The number of nitrogens with zero attached hydrogens (tertiary/aromatic N) is 6. The normalized spacial score (nSPS) is 16.0. The van der Waals surface area contributed by atoms with Crippen LogP contribution in [0.4, 0.5) is 5.82 Å². The SMILES string of the molecule is CN(O)c1nnc2[nH]ccc2c1-c1cnn([C@@H](CC#N)C2CCCC2)c1. The third-order valence-corrected chi connectivity index (χ3v) is 5.24. The lowest BCUT2D eigenvalue weighted by molar-refractivity contribution is 0.276. The Kier molecular flexibility index (Phi) is 4.31. The van der Waals surface area contributed by atoms with E-state index >= 15 is 0 Å². The Labute approximate surface area is 151 Å². The number of hydroxylamine groups is 1. The average Bonchev–Trinajstić information content (AvgIpc) is 3.39. The Hall–Kier alpha value is -2.92. The number of fused-ring (bicyclic) bond motifs is 1. The maximum absolute atomic E-state index is 9.99. The van der Waals surface area contributed by atoms with Crippen LogP contribution in [0.2, 0.25) is 0 Å². The summed E-state index contributed by atoms with van der Waals surface area (Å²) in [7, 11) is 1.52. The quantitative estimate of drug-likeness (QED) is 0.683. The largest absolute Gasteiger partial charge is 0.345 e. The second-order valence-corrected chi connectivity index (χ2v) is 6.85. The number of anilines is 1. The molecule has 2 N–H and O–H groups in total. The lowest BCUT2D eigenvalue weighted by Crippen LogP contribution is -2.17. The van der Waals surface area contributed by atoms with Crippen LogP contribution in [0.15, 0.2) is 24.7 Å². The van der Waals surface area contributed by atoms with Crippen LogP contribution in [-0.4, -0.2) is 37.2 Å². The fourth-order valence-corrected chi connectivity index (χ4v) is 3.98. The Balaban J connectivity index is 1.78. The van der Waals surface area contributed by atoms with Gasteiger partial charge < -0.3 is 4.98 Å². The molecule has 0 aromatic carbocycles. The molecule has 8 heteroatoms. The summed E-state index contributed by atoms with van der Waals surface area (Å²) in [5.74, 6) is 0.861. The second-order valence-electron chi connectivity index (χ2n) is 6.85. The molecule has 0 amide bonds. The predicted octanol–water partition coefficient (Wildman–Crippen LogP) is 3.29. The molecule has 1 saturated carbocycles. The molecule has 0 saturated heterocycles. The van der Waals surface area contributed by atoms with Crippen LogP contribution in [0.3, 0.4) is 0 Å². The molecule has 1 atom stereocenters. The maximum atomic E-state index is 9.99. The highest BCUT2D eigenvalue weighted by Gasteiger charge is 2.27. The van der Waals surface area contributed by atoms with Crippen molar-refractivity contribution in [3.63, 3.8) is 0 Å². The zero-order valence-corrected chi connectivity index (χ0v) is 14.6. The molecule has 1 fully saturated rings. The second kappa shape index (κ2) is 6.77. The van der Waals surface area contributed by atoms with Crippen LogP contribution in [0.25, 0.3) is 22.2 Å². The van der Waals surface area contributed by atoms with Crippen molar-refractivity contribution < 1.29 is 5.21 Å². The molecule has 1 aliphatic rings. The predicted molar refractivity (Wildman–Crippen MR) is 96.5 cm³/mol. The van der Waals surface area contributed by atoms with Gasteiger partial charge in [-0.05, 0) is 24.8 Å². The summed E-state index contributed by atoms with van der Waals surface area (Å²) < 4.78 is 1.91. The van der Waals surface area contributed by atoms with Gasteiger partial charge in [-0.25, -0.2) is 5.06 Å². The van der Waals surface area contributed by atoms with Crippen molar-refractivity contribution in [3.05, 3.63) is 24.7 Å². The van der Waals surface area contributed by atoms with Crippen molar-refractivity contribution in [1.82, 2.24) is 25.0 Å². The first-order valence-electron chi connectivity index (χ1n) is 8.87. The highest BCUT2D eigenvalue weighted by Crippen LogP contribution is 2.38. The van der Waals surface area contributed by atoms with E-state index in [9.17, 15) is 10.5 Å². The number of hydrogen-bond donors (Lipinski definition) is 2. The van der Waals surface area contributed by atoms with Crippen LogP contribution in [0.5, 0.6) is 0 Å². The summed E-state index contributed by atoms with van der Waals surface area (Å²) in [4.78, 5) is 3.05. The van der Waals surface area contributed by atoms with Gasteiger partial charge in [0.25, 0.3) is 0 Å². The molecule has 0 radical (unpaired) electrons. The van der Waals surface area contributed by atoms with Gasteiger partial charge >= 0.3 is 0 Å². The van der Waals surface area contributed by atoms with Crippen molar-refractivity contribution in [2.45, 2.75) is 38.1 Å². The molecule has 3 aromatic rings. The summed E-state index contributed by atoms with van der Waals surface area (Å²) in [5.41, 5.74) is 2.28. The molecular formula is C18H21N7O. The smallest absolute Gasteiger partial charge is 0.183 e. The van der Waals surface area contributed by atoms with E-state index < -0.39 is 0 Å². The van der Waals surface area contributed by atoms with E-state index in [1.165, 1.54) is 19.9 Å². The fraction of sp³-hybridized carbons (Fsp3) is 0.444. The van der Waals surface area contributed by atoms with E-state index in [2.05, 4.69) is 26.3 Å². The molecule has 1 aliphatic carbocycles. The molecule has 0 aliphatic heterocycles. The number of hydrogen-bond acceptors (Lipinski definition) is 6. The fourth-order valence-electron chi connectivity index (χ4n) is 3.98. The van der Waals surface area contributed by atoms with Crippen molar-refractivity contribution >= 4 is 16.9 Å². The van der Waals surface area contributed by atoms with Crippen LogP contribution < -0.4 is 5.06 Å². The van der Waals surface area contributed by atoms with Gasteiger partial charge in [0.1, 0.15) is 0 Å². The molecule has 3 heterocycles. The number of rotatable bonds is 5. The highest BCUT2D eigenvalue weighted by atomic mass is 16.5. The van der Waals surface area contributed by atoms with E-state index in [4.69, 9.17) is 0 Å². The van der Waals surface area contributed by atoms with E-state index in [0.29, 0.717) is 23.8 Å². The minimum absolute atomic E-state index is 0.0862. The van der Waals surface area contributed by atoms with Gasteiger partial charge in [0.15, 0.2) is 11.5 Å². The van der Waals surface area contributed by atoms with E-state index in [-0.39, 0.29) is 6.04 Å². The summed E-state index contributed by atoms with van der Waals surface area (Å²) in [6, 6.07) is 4.31. The summed E-state index contributed by atoms with van der Waals surface area (Å²) in [6.45, 7) is 0. The molecule has 3 aromatic heterocycles. The van der Waals surface area contributed by atoms with Crippen LogP contribution in [0.1, 0.15) is 38.1 Å². The third kappa shape index (κ3) is 2.80. The first-order valence-corrected chi connectivity index (χ1v) is 8.87. The minimum Gasteiger partial charge on any atom is -0.345 e. The van der Waals surface area contributed by atoms with Crippen molar-refractivity contribution in [3.8, 4) is 17.2 Å². The van der Waals surface area contributed by atoms with E-state index in [1.807, 2.05) is 16.9 Å². The molecule has 134 valence electrons. The number of H-pyrrole nitrogens is 1. The van der Waals surface area contributed by atoms with Gasteiger partial charge in [0, 0.05) is 36.0 Å². The van der Waals surface area contributed by atoms with E-state index in [0.717, 1.165) is 34.4 Å². The monoisotopic (exact) mass is 351 g/mol. The number of nitriles is 1. The topological polar surface area (TPSA) is 107 Å². The average molecular weight is 351 g/mol. The first kappa shape index (κ1) is 16.5. The third-order valence-electron chi connectivity index (χ3n) is 5.24. The molecule has 0 unspecified atom stereocenters. The van der Waals surface area contributed by atoms with Gasteiger partial charge in [-0.1, -0.05) is 12.8 Å². The lowest BCUT2D eigenvalue weighted by atomic mass is 9.96. The molecular weight excluding hydrogens is 330 g/mol. The van der Waals surface area contributed by atoms with E-state index in [1.54, 1.807) is 12.4 Å². The molecule has 4 rings (SSSR count). The van der Waals surface area contributed by atoms with Gasteiger partial charge in [-0.2, -0.15) is 10.4 Å². The number of nitrogens with one attached hydrogen (secondary N) is 1. The van der Waals surface area contributed by atoms with Crippen molar-refractivity contribution in [2.24, 2.45) is 5.92 Å². The number of aromatic amines is 1. The Morgan fingerprint density at radius 2 is 2.23 bits per heavy atom. The summed E-state index contributed by atoms with van der Waals surface area (Å²) >= 11 is 0. The summed E-state index contributed by atoms with van der Waals surface area (Å²) in [5, 5.41) is 33.9. The molecule has 0 spiro atoms. The van der Waals surface area contributed by atoms with Crippen molar-refractivity contribution in [2.75, 3.05) is 12.1 Å². The minimum atomic E-state index is 0.0862. The van der Waals surface area contributed by atoms with Gasteiger partial charge in [-0.3, -0.25) is 9.89 Å². The van der Waals surface area contributed by atoms with Crippen LogP contribution in [0, 0.1) is 17.2 Å². The molecule has 0 bridgehead atoms. The zero-order valence-electron chi connectivity index (χ0n) is 14.6. The van der Waals surface area contributed by atoms with Crippen molar-refractivity contribution in [1.29, 1.82) is 5.26 Å². The highest BCUT2D eigenvalue weighted by molar-refractivity contribution is 5.97. The summed E-state index contributed by atoms with van der Waals surface area (Å²) in [6.07, 6.45) is 10.7. The molecule has 26 heavy (non-hydrogen) atoms. The van der Waals surface area contributed by atoms with Crippen LogP contribution >= 0.6 is 0 Å². The number of aromatic nitrogens is 5. The molecule has 8 nitrogen and oxygen atoms in total. The Morgan fingerprint density at radius 1 is 1.42 bits per heavy atom. The Morgan fingerprint density at radius 3 is 2.96 bits per heavy atom. The zero-order chi connectivity index (χ0) is 18.1. The standard InChI is InChI=1S/C18H21N7O/c1-24(26)18-16(14-7-9-20-17(14)22-23-18)13-10-21-25(11-13)15(6-8-19)12-4-2-3-5-12/h7,9-12,15,26H,2-6H2,1H3,(H,20,22)/t15-/m0/s1. The first-order chi connectivity index (χ1) is 12.7. The van der Waals surface area contributed by atoms with Gasteiger partial charge in [0.05, 0.1) is 24.7 Å². The maximum Gasteiger partial charge on any atom is 0.183 e. The van der Waals surface area contributed by atoms with Gasteiger partial charge in [0.2, 0.25) is 0 Å². The lowest BCUT2D eigenvalue weighted by Gasteiger charge is -2.21. The Bertz CT molecular complexity index is 946. The van der Waals surface area contributed by atoms with Gasteiger partial charge in [-0.15, -0.1) is 10.2 Å².